The smallest absolute Gasteiger partial charge is 0.324 e. The highest BCUT2D eigenvalue weighted by Crippen LogP contribution is 2.42. The third kappa shape index (κ3) is 11.3. The number of nitrogens with zero attached hydrogens (tertiary/aromatic N) is 7. The number of likely N-dealkylation sites (tertiary alicyclic amines) is 2. The maximum atomic E-state index is 14.9. The van der Waals surface area contributed by atoms with Crippen LogP contribution in [0.15, 0.2) is 36.5 Å². The van der Waals surface area contributed by atoms with Gasteiger partial charge in [0.25, 0.3) is 11.8 Å². The number of esters is 1. The first kappa shape index (κ1) is 53.7. The summed E-state index contributed by atoms with van der Waals surface area (Å²) in [6, 6.07) is 7.63. The van der Waals surface area contributed by atoms with E-state index in [9.17, 15) is 24.0 Å². The molecule has 0 aliphatic carbocycles. The molecule has 5 aliphatic heterocycles. The van der Waals surface area contributed by atoms with Gasteiger partial charge in [-0.05, 0) is 114 Å². The minimum absolute atomic E-state index is 0.132. The molecule has 3 aromatic rings. The lowest BCUT2D eigenvalue weighted by Gasteiger charge is -2.43. The van der Waals surface area contributed by atoms with Crippen LogP contribution in [0.2, 0.25) is 0 Å². The van der Waals surface area contributed by atoms with E-state index in [-0.39, 0.29) is 49.5 Å². The first-order chi connectivity index (χ1) is 34.7. The molecular weight excluding hydrogens is 927 g/mol. The molecule has 17 nitrogen and oxygen atoms in total. The van der Waals surface area contributed by atoms with E-state index >= 15 is 0 Å². The van der Waals surface area contributed by atoms with Crippen molar-refractivity contribution in [3.05, 3.63) is 47.8 Å². The van der Waals surface area contributed by atoms with Crippen LogP contribution in [0.3, 0.4) is 0 Å². The van der Waals surface area contributed by atoms with E-state index in [1.165, 1.54) is 9.91 Å². The maximum Gasteiger partial charge on any atom is 0.324 e. The van der Waals surface area contributed by atoms with Crippen LogP contribution in [0, 0.1) is 29.1 Å². The number of hydrogen-bond donors (Lipinski definition) is 2. The van der Waals surface area contributed by atoms with E-state index in [0.717, 1.165) is 58.6 Å². The number of carbonyl (C=O) groups excluding carboxylic acids is 5. The molecule has 73 heavy (non-hydrogen) atoms. The summed E-state index contributed by atoms with van der Waals surface area (Å²) in [5, 5.41) is 5.64. The third-order valence-corrected chi connectivity index (χ3v) is 16.0. The Hall–Kier alpha value is -5.54. The van der Waals surface area contributed by atoms with Gasteiger partial charge in [0.2, 0.25) is 11.8 Å². The number of fused-ring (bicyclic) bond motifs is 6. The van der Waals surface area contributed by atoms with Crippen molar-refractivity contribution in [2.24, 2.45) is 17.3 Å². The normalized spacial score (nSPS) is 24.8. The largest absolute Gasteiger partial charge is 0.464 e. The average Bonchev–Trinajstić information content (AvgIpc) is 3.96. The van der Waals surface area contributed by atoms with Gasteiger partial charge >= 0.3 is 5.97 Å². The van der Waals surface area contributed by atoms with Crippen molar-refractivity contribution in [3.63, 3.8) is 0 Å². The van der Waals surface area contributed by atoms with Crippen LogP contribution >= 0.6 is 0 Å². The van der Waals surface area contributed by atoms with Gasteiger partial charge in [0.05, 0.1) is 54.3 Å². The zero-order chi connectivity index (χ0) is 52.5. The van der Waals surface area contributed by atoms with Gasteiger partial charge in [0.15, 0.2) is 0 Å². The molecule has 8 rings (SSSR count). The number of hydrogen-bond acceptors (Lipinski definition) is 12. The summed E-state index contributed by atoms with van der Waals surface area (Å²) in [5.74, 6) is 3.26. The Balaban J connectivity index is 1.09. The Morgan fingerprint density at radius 1 is 1.05 bits per heavy atom. The van der Waals surface area contributed by atoms with E-state index in [0.29, 0.717) is 58.5 Å². The minimum Gasteiger partial charge on any atom is -0.464 e. The molecule has 4 amide bonds. The molecule has 4 fully saturated rings. The molecule has 1 unspecified atom stereocenters. The summed E-state index contributed by atoms with van der Waals surface area (Å²) in [7, 11) is 3.32. The van der Waals surface area contributed by atoms with Crippen LogP contribution in [0.25, 0.3) is 22.2 Å². The second-order valence-corrected chi connectivity index (χ2v) is 22.5. The molecule has 0 saturated carbocycles. The van der Waals surface area contributed by atoms with Gasteiger partial charge in [0, 0.05) is 100 Å². The minimum atomic E-state index is -1.08. The molecule has 7 heterocycles. The SMILES string of the molecule is CCn1c(-c2cccnc2[C@H](C)OC)c2c3cc(ccc31)N1CCO[C@@H](C[C@H](NC(=O)C(C(C)C)N(C)C(=O)[C@H]3CCN(C(=O)C#CC(C)(C)N4CCC4)C3)C(=O)N3CCC[C@H](N3)C(=O)OCC(C)(C)C2)[C@@H]1C. The fourth-order valence-corrected chi connectivity index (χ4v) is 11.6. The highest BCUT2D eigenvalue weighted by Gasteiger charge is 2.43. The lowest BCUT2D eigenvalue weighted by atomic mass is 9.84. The van der Waals surface area contributed by atoms with Gasteiger partial charge in [-0.3, -0.25) is 38.9 Å². The first-order valence-corrected chi connectivity index (χ1v) is 26.6. The Kier molecular flexibility index (Phi) is 16.3. The standard InChI is InChI=1S/C56H79N9O8/c1-12-63-45-19-18-39-30-41(45)42(50(63)40-16-13-23-57-48(40)37(5)71-11)32-55(6,7)34-73-54(70)43-17-14-26-65(59-43)53(69)44(31-46-36(4)64(39)28-29-72-46)58-51(67)49(35(2)3)60(10)52(68)38-21-27-61(33-38)47(66)20-22-56(8,9)62-24-15-25-62/h13,16,18-19,23,30,35-38,43-44,46,49,59H,12,14-15,17,21,24-29,31-34H2,1-11H3,(H,58,67)/t36-,37-,38-,43-,44-,46-,49?/m0/s1. The number of cyclic esters (lactones) is 1. The highest BCUT2D eigenvalue weighted by atomic mass is 16.5. The van der Waals surface area contributed by atoms with Gasteiger partial charge in [-0.2, -0.15) is 0 Å². The molecule has 2 aromatic heterocycles. The number of likely N-dealkylation sites (N-methyl/N-ethyl adjacent to an activating group) is 1. The Morgan fingerprint density at radius 2 is 1.82 bits per heavy atom. The van der Waals surface area contributed by atoms with Crippen molar-refractivity contribution in [2.75, 3.05) is 71.5 Å². The molecule has 0 radical (unpaired) electrons. The van der Waals surface area contributed by atoms with Crippen LogP contribution < -0.4 is 15.6 Å². The molecule has 6 bridgehead atoms. The van der Waals surface area contributed by atoms with Gasteiger partial charge in [-0.15, -0.1) is 0 Å². The second kappa shape index (κ2) is 22.1. The summed E-state index contributed by atoms with van der Waals surface area (Å²) in [4.78, 5) is 83.8. The molecular formula is C56H79N9O8. The predicted octanol–water partition coefficient (Wildman–Crippen LogP) is 5.34. The van der Waals surface area contributed by atoms with Crippen LogP contribution in [-0.4, -0.2) is 161 Å². The summed E-state index contributed by atoms with van der Waals surface area (Å²) < 4.78 is 20.9. The molecule has 7 atom stereocenters. The monoisotopic (exact) mass is 1010 g/mol. The zero-order valence-electron chi connectivity index (χ0n) is 45.1. The maximum absolute atomic E-state index is 14.9. The van der Waals surface area contributed by atoms with Gasteiger partial charge in [0.1, 0.15) is 18.1 Å². The number of aryl methyl sites for hydroxylation is 1. The van der Waals surface area contributed by atoms with Crippen molar-refractivity contribution in [2.45, 2.75) is 149 Å². The summed E-state index contributed by atoms with van der Waals surface area (Å²) in [5.41, 5.74) is 8.34. The number of methoxy groups -OCH3 is 1. The molecule has 0 spiro atoms. The second-order valence-electron chi connectivity index (χ2n) is 22.5. The van der Waals surface area contributed by atoms with Crippen molar-refractivity contribution in [1.82, 2.24) is 40.0 Å². The van der Waals surface area contributed by atoms with Crippen LogP contribution in [0.5, 0.6) is 0 Å². The third-order valence-electron chi connectivity index (χ3n) is 16.0. The van der Waals surface area contributed by atoms with Crippen molar-refractivity contribution >= 4 is 46.2 Å². The number of nitrogens with one attached hydrogen (secondary N) is 2. The zero-order valence-corrected chi connectivity index (χ0v) is 45.1. The lowest BCUT2D eigenvalue weighted by Crippen LogP contribution is -2.63. The van der Waals surface area contributed by atoms with Crippen molar-refractivity contribution < 1.29 is 38.2 Å². The fraction of sp³-hybridized carbons (Fsp3) is 0.643. The number of aromatic nitrogens is 2. The van der Waals surface area contributed by atoms with E-state index in [4.69, 9.17) is 19.2 Å². The molecule has 4 saturated heterocycles. The van der Waals surface area contributed by atoms with E-state index in [1.54, 1.807) is 25.3 Å². The van der Waals surface area contributed by atoms with E-state index in [2.05, 4.69) is 88.9 Å². The number of amides is 4. The molecule has 5 aliphatic rings. The van der Waals surface area contributed by atoms with Crippen molar-refractivity contribution in [1.29, 1.82) is 0 Å². The van der Waals surface area contributed by atoms with Crippen LogP contribution in [-0.2, 0) is 51.1 Å². The summed E-state index contributed by atoms with van der Waals surface area (Å²) in [6.07, 6.45) is 4.34. The molecule has 1 aromatic carbocycles. The Morgan fingerprint density at radius 3 is 2.52 bits per heavy atom. The van der Waals surface area contributed by atoms with Crippen LogP contribution in [0.4, 0.5) is 5.69 Å². The Labute approximate surface area is 431 Å². The van der Waals surface area contributed by atoms with E-state index < -0.39 is 58.9 Å². The number of morpholine rings is 1. The highest BCUT2D eigenvalue weighted by molar-refractivity contribution is 5.96. The van der Waals surface area contributed by atoms with Gasteiger partial charge < -0.3 is 38.8 Å². The number of ether oxygens (including phenoxy) is 3. The fourth-order valence-electron chi connectivity index (χ4n) is 11.6. The van der Waals surface area contributed by atoms with Crippen LogP contribution in [0.1, 0.15) is 112 Å². The topological polar surface area (TPSA) is 171 Å². The number of anilines is 1. The molecule has 2 N–H and O–H groups in total. The average molecular weight is 1010 g/mol. The number of hydrazine groups is 1. The number of rotatable bonds is 10. The summed E-state index contributed by atoms with van der Waals surface area (Å²) >= 11 is 0. The molecule has 396 valence electrons. The quantitative estimate of drug-likeness (QED) is 0.198. The molecule has 17 heteroatoms. The first-order valence-electron chi connectivity index (χ1n) is 26.6. The summed E-state index contributed by atoms with van der Waals surface area (Å²) in [6.45, 7) is 22.9. The number of pyridine rings is 1. The number of benzene rings is 1. The predicted molar refractivity (Wildman–Crippen MR) is 280 cm³/mol. The van der Waals surface area contributed by atoms with Gasteiger partial charge in [-0.25, -0.2) is 5.43 Å². The van der Waals surface area contributed by atoms with Crippen molar-refractivity contribution in [3.8, 4) is 23.1 Å². The Bertz CT molecular complexity index is 2610. The number of carbonyl (C=O) groups is 5. The lowest BCUT2D eigenvalue weighted by molar-refractivity contribution is -0.156. The van der Waals surface area contributed by atoms with E-state index in [1.807, 2.05) is 40.7 Å². The van der Waals surface area contributed by atoms with Gasteiger partial charge in [-0.1, -0.05) is 33.6 Å².